The minimum absolute atomic E-state index is 0.669. The molecule has 0 aromatic heterocycles. The number of thioether (sulfide) groups is 2. The number of nitrogens with one attached hydrogen (secondary N) is 1. The summed E-state index contributed by atoms with van der Waals surface area (Å²) < 4.78 is 0. The molecule has 0 fully saturated rings. The fourth-order valence-electron chi connectivity index (χ4n) is 0.831. The van der Waals surface area contributed by atoms with Gasteiger partial charge in [0.1, 0.15) is 0 Å². The zero-order chi connectivity index (χ0) is 8.53. The fraction of sp³-hybridized carbons (Fsp3) is 1.00. The van der Waals surface area contributed by atoms with Gasteiger partial charge < -0.3 is 5.32 Å². The average Bonchev–Trinajstić information content (AvgIpc) is 1.99. The maximum atomic E-state index is 3.48. The first-order chi connectivity index (χ1) is 5.31. The van der Waals surface area contributed by atoms with Crippen LogP contribution in [0.15, 0.2) is 0 Å². The summed E-state index contributed by atoms with van der Waals surface area (Å²) in [5.41, 5.74) is 0. The second-order valence-corrected chi connectivity index (χ2v) is 4.81. The van der Waals surface area contributed by atoms with Crippen LogP contribution in [0.5, 0.6) is 0 Å². The van der Waals surface area contributed by atoms with Crippen molar-refractivity contribution in [3.05, 3.63) is 0 Å². The minimum Gasteiger partial charge on any atom is -0.313 e. The van der Waals surface area contributed by atoms with Gasteiger partial charge in [-0.25, -0.2) is 0 Å². The van der Waals surface area contributed by atoms with Crippen LogP contribution in [0.4, 0.5) is 0 Å². The van der Waals surface area contributed by atoms with Gasteiger partial charge >= 0.3 is 0 Å². The van der Waals surface area contributed by atoms with Crippen molar-refractivity contribution in [3.8, 4) is 0 Å². The van der Waals surface area contributed by atoms with Crippen molar-refractivity contribution in [2.45, 2.75) is 19.9 Å². The van der Waals surface area contributed by atoms with Gasteiger partial charge in [-0.3, -0.25) is 0 Å². The second-order valence-electron chi connectivity index (χ2n) is 2.51. The Morgan fingerprint density at radius 3 is 2.73 bits per heavy atom. The van der Waals surface area contributed by atoms with E-state index in [0.29, 0.717) is 6.04 Å². The molecular weight excluding hydrogens is 174 g/mol. The van der Waals surface area contributed by atoms with E-state index >= 15 is 0 Å². The summed E-state index contributed by atoms with van der Waals surface area (Å²) >= 11 is 3.90. The quantitative estimate of drug-likeness (QED) is 0.622. The van der Waals surface area contributed by atoms with Gasteiger partial charge in [0, 0.05) is 24.1 Å². The Morgan fingerprint density at radius 1 is 1.45 bits per heavy atom. The summed E-state index contributed by atoms with van der Waals surface area (Å²) in [6.45, 7) is 5.60. The molecule has 0 aliphatic carbocycles. The van der Waals surface area contributed by atoms with E-state index in [9.17, 15) is 0 Å². The first-order valence-corrected chi connectivity index (χ1v) is 6.66. The molecule has 0 aliphatic rings. The molecule has 0 bridgehead atoms. The summed E-state index contributed by atoms with van der Waals surface area (Å²) in [6.07, 6.45) is 2.15. The van der Waals surface area contributed by atoms with E-state index in [-0.39, 0.29) is 0 Å². The van der Waals surface area contributed by atoms with E-state index < -0.39 is 0 Å². The van der Waals surface area contributed by atoms with Gasteiger partial charge in [0.2, 0.25) is 0 Å². The lowest BCUT2D eigenvalue weighted by Gasteiger charge is -2.11. The third-order valence-corrected chi connectivity index (χ3v) is 3.09. The highest BCUT2D eigenvalue weighted by Crippen LogP contribution is 1.98. The van der Waals surface area contributed by atoms with Crippen molar-refractivity contribution in [3.63, 3.8) is 0 Å². The van der Waals surface area contributed by atoms with Crippen LogP contribution < -0.4 is 5.32 Å². The normalized spacial score (nSPS) is 13.4. The molecule has 3 heteroatoms. The largest absolute Gasteiger partial charge is 0.313 e. The van der Waals surface area contributed by atoms with Crippen LogP contribution in [0.1, 0.15) is 13.8 Å². The molecule has 1 nitrogen and oxygen atoms in total. The maximum Gasteiger partial charge on any atom is 0.0130 e. The van der Waals surface area contributed by atoms with Crippen molar-refractivity contribution in [1.82, 2.24) is 5.32 Å². The number of hydrogen-bond donors (Lipinski definition) is 1. The molecule has 0 saturated carbocycles. The van der Waals surface area contributed by atoms with Crippen molar-refractivity contribution in [2.24, 2.45) is 0 Å². The number of rotatable bonds is 7. The van der Waals surface area contributed by atoms with Crippen molar-refractivity contribution >= 4 is 23.5 Å². The summed E-state index contributed by atoms with van der Waals surface area (Å²) in [5, 5.41) is 3.48. The summed E-state index contributed by atoms with van der Waals surface area (Å²) in [5.74, 6) is 3.70. The standard InChI is InChI=1S/C8H19NS2/c1-4-11-6-5-9-8(2)7-10-3/h8-9H,4-7H2,1-3H3. The van der Waals surface area contributed by atoms with E-state index in [1.807, 2.05) is 23.5 Å². The first-order valence-electron chi connectivity index (χ1n) is 4.11. The van der Waals surface area contributed by atoms with Crippen LogP contribution in [0.2, 0.25) is 0 Å². The van der Waals surface area contributed by atoms with E-state index in [0.717, 1.165) is 6.54 Å². The molecule has 0 heterocycles. The highest BCUT2D eigenvalue weighted by Gasteiger charge is 1.97. The smallest absolute Gasteiger partial charge is 0.0130 e. The Hall–Kier alpha value is 0.660. The van der Waals surface area contributed by atoms with Crippen molar-refractivity contribution in [2.75, 3.05) is 30.1 Å². The predicted molar refractivity (Wildman–Crippen MR) is 58.8 cm³/mol. The highest BCUT2D eigenvalue weighted by molar-refractivity contribution is 7.99. The Kier molecular flexibility index (Phi) is 9.28. The van der Waals surface area contributed by atoms with Crippen LogP contribution in [0, 0.1) is 0 Å². The number of hydrogen-bond acceptors (Lipinski definition) is 3. The molecule has 0 aromatic carbocycles. The molecule has 1 atom stereocenters. The van der Waals surface area contributed by atoms with E-state index in [4.69, 9.17) is 0 Å². The Balaban J connectivity index is 2.97. The van der Waals surface area contributed by atoms with Crippen LogP contribution in [0.25, 0.3) is 0 Å². The third-order valence-electron chi connectivity index (χ3n) is 1.36. The third kappa shape index (κ3) is 8.57. The van der Waals surface area contributed by atoms with E-state index in [1.165, 1.54) is 17.3 Å². The molecule has 0 rings (SSSR count). The molecule has 1 N–H and O–H groups in total. The molecule has 68 valence electrons. The van der Waals surface area contributed by atoms with Crippen molar-refractivity contribution < 1.29 is 0 Å². The summed E-state index contributed by atoms with van der Waals surface area (Å²) in [6, 6.07) is 0.669. The zero-order valence-electron chi connectivity index (χ0n) is 7.72. The second kappa shape index (κ2) is 8.75. The molecule has 0 aromatic rings. The van der Waals surface area contributed by atoms with Gasteiger partial charge in [-0.05, 0) is 18.9 Å². The molecule has 0 saturated heterocycles. The molecule has 0 spiro atoms. The van der Waals surface area contributed by atoms with Gasteiger partial charge in [-0.2, -0.15) is 23.5 Å². The van der Waals surface area contributed by atoms with Gasteiger partial charge in [0.15, 0.2) is 0 Å². The van der Waals surface area contributed by atoms with Crippen LogP contribution >= 0.6 is 23.5 Å². The lowest BCUT2D eigenvalue weighted by Crippen LogP contribution is -2.30. The van der Waals surface area contributed by atoms with Crippen molar-refractivity contribution in [1.29, 1.82) is 0 Å². The molecule has 0 aliphatic heterocycles. The van der Waals surface area contributed by atoms with Crippen LogP contribution in [-0.2, 0) is 0 Å². The minimum atomic E-state index is 0.669. The van der Waals surface area contributed by atoms with Gasteiger partial charge in [0.05, 0.1) is 0 Å². The lowest BCUT2D eigenvalue weighted by molar-refractivity contribution is 0.624. The maximum absolute atomic E-state index is 3.48. The molecular formula is C8H19NS2. The van der Waals surface area contributed by atoms with Crippen LogP contribution in [0.3, 0.4) is 0 Å². The topological polar surface area (TPSA) is 12.0 Å². The Bertz CT molecular complexity index is 78.5. The summed E-state index contributed by atoms with van der Waals surface area (Å²) in [7, 11) is 0. The summed E-state index contributed by atoms with van der Waals surface area (Å²) in [4.78, 5) is 0. The first kappa shape index (κ1) is 11.7. The molecule has 1 unspecified atom stereocenters. The molecule has 11 heavy (non-hydrogen) atoms. The van der Waals surface area contributed by atoms with Gasteiger partial charge in [-0.15, -0.1) is 0 Å². The van der Waals surface area contributed by atoms with E-state index in [1.54, 1.807) is 0 Å². The molecule has 0 amide bonds. The monoisotopic (exact) mass is 193 g/mol. The zero-order valence-corrected chi connectivity index (χ0v) is 9.36. The van der Waals surface area contributed by atoms with E-state index in [2.05, 4.69) is 25.4 Å². The highest BCUT2D eigenvalue weighted by atomic mass is 32.2. The Labute approximate surface area is 79.1 Å². The van der Waals surface area contributed by atoms with Crippen LogP contribution in [-0.4, -0.2) is 36.1 Å². The average molecular weight is 193 g/mol. The predicted octanol–water partition coefficient (Wildman–Crippen LogP) is 2.08. The Morgan fingerprint density at radius 2 is 2.18 bits per heavy atom. The SMILES string of the molecule is CCSCCNC(C)CSC. The molecule has 0 radical (unpaired) electrons. The fourth-order valence-corrected chi connectivity index (χ4v) is 2.00. The van der Waals surface area contributed by atoms with Gasteiger partial charge in [-0.1, -0.05) is 6.92 Å². The lowest BCUT2D eigenvalue weighted by atomic mass is 10.4. The van der Waals surface area contributed by atoms with Gasteiger partial charge in [0.25, 0.3) is 0 Å².